The van der Waals surface area contributed by atoms with Gasteiger partial charge in [0.2, 0.25) is 5.91 Å². The van der Waals surface area contributed by atoms with Gasteiger partial charge in [-0.05, 0) is 26.2 Å². The Balaban J connectivity index is 1.50. The predicted molar refractivity (Wildman–Crippen MR) is 91.3 cm³/mol. The number of nitrogens with zero attached hydrogens (tertiary/aromatic N) is 1. The van der Waals surface area contributed by atoms with E-state index in [-0.39, 0.29) is 11.9 Å². The molecule has 1 aromatic heterocycles. The van der Waals surface area contributed by atoms with E-state index in [1.807, 2.05) is 6.92 Å². The molecule has 128 valence electrons. The monoisotopic (exact) mass is 338 g/mol. The largest absolute Gasteiger partial charge is 0.351 e. The van der Waals surface area contributed by atoms with Crippen LogP contribution in [0.5, 0.6) is 0 Å². The van der Waals surface area contributed by atoms with Crippen molar-refractivity contribution in [2.24, 2.45) is 0 Å². The van der Waals surface area contributed by atoms with Crippen molar-refractivity contribution in [2.75, 3.05) is 6.54 Å². The lowest BCUT2D eigenvalue weighted by molar-refractivity contribution is -0.121. The maximum absolute atomic E-state index is 11.7. The van der Waals surface area contributed by atoms with Gasteiger partial charge in [-0.3, -0.25) is 4.79 Å². The van der Waals surface area contributed by atoms with E-state index in [9.17, 15) is 9.59 Å². The third kappa shape index (κ3) is 6.99. The molecule has 3 amide bonds. The van der Waals surface area contributed by atoms with E-state index in [1.165, 1.54) is 19.3 Å². The van der Waals surface area contributed by atoms with Gasteiger partial charge in [-0.15, -0.1) is 11.3 Å². The Morgan fingerprint density at radius 3 is 2.74 bits per heavy atom. The van der Waals surface area contributed by atoms with Crippen molar-refractivity contribution in [1.82, 2.24) is 20.9 Å². The normalized spacial score (nSPS) is 15.2. The molecule has 0 radical (unpaired) electrons. The fraction of sp³-hybridized carbons (Fsp3) is 0.688. The molecule has 0 aliphatic heterocycles. The minimum absolute atomic E-state index is 0.00513. The van der Waals surface area contributed by atoms with Crippen LogP contribution in [0.3, 0.4) is 0 Å². The smallest absolute Gasteiger partial charge is 0.315 e. The summed E-state index contributed by atoms with van der Waals surface area (Å²) in [6, 6.07) is 0.201. The van der Waals surface area contributed by atoms with Gasteiger partial charge < -0.3 is 16.0 Å². The molecule has 2 rings (SSSR count). The quantitative estimate of drug-likeness (QED) is 0.668. The van der Waals surface area contributed by atoms with E-state index in [0.29, 0.717) is 32.0 Å². The van der Waals surface area contributed by atoms with Crippen LogP contribution < -0.4 is 16.0 Å². The number of hydrogen-bond donors (Lipinski definition) is 3. The van der Waals surface area contributed by atoms with Crippen LogP contribution in [0.4, 0.5) is 4.79 Å². The molecule has 0 saturated heterocycles. The molecule has 1 aliphatic carbocycles. The van der Waals surface area contributed by atoms with Crippen molar-refractivity contribution in [3.8, 4) is 0 Å². The molecule has 0 aromatic carbocycles. The Kier molecular flexibility index (Phi) is 7.32. The van der Waals surface area contributed by atoms with Gasteiger partial charge in [0, 0.05) is 30.1 Å². The van der Waals surface area contributed by atoms with Crippen LogP contribution in [0, 0.1) is 6.92 Å². The number of aromatic nitrogens is 1. The fourth-order valence-electron chi connectivity index (χ4n) is 2.70. The molecule has 0 atom stereocenters. The summed E-state index contributed by atoms with van der Waals surface area (Å²) in [4.78, 5) is 28.7. The summed E-state index contributed by atoms with van der Waals surface area (Å²) >= 11 is 1.59. The first-order chi connectivity index (χ1) is 11.1. The van der Waals surface area contributed by atoms with Crippen molar-refractivity contribution >= 4 is 23.3 Å². The van der Waals surface area contributed by atoms with Crippen molar-refractivity contribution in [3.63, 3.8) is 0 Å². The van der Waals surface area contributed by atoms with E-state index in [1.54, 1.807) is 17.5 Å². The highest BCUT2D eigenvalue weighted by Gasteiger charge is 2.15. The van der Waals surface area contributed by atoms with Crippen molar-refractivity contribution in [3.05, 3.63) is 16.1 Å². The zero-order valence-corrected chi connectivity index (χ0v) is 14.5. The van der Waals surface area contributed by atoms with E-state index < -0.39 is 0 Å². The highest BCUT2D eigenvalue weighted by Crippen LogP contribution is 2.17. The molecule has 7 heteroatoms. The molecule has 0 bridgehead atoms. The third-order valence-electron chi connectivity index (χ3n) is 3.94. The molecule has 1 aromatic rings. The SMILES string of the molecule is Cc1ncc(CNC(=O)CCCNC(=O)NC2CCCCC2)s1. The number of carbonyl (C=O) groups is 2. The van der Waals surface area contributed by atoms with E-state index in [4.69, 9.17) is 0 Å². The number of nitrogens with one attached hydrogen (secondary N) is 3. The summed E-state index contributed by atoms with van der Waals surface area (Å²) in [5.41, 5.74) is 0. The van der Waals surface area contributed by atoms with Crippen LogP contribution in [-0.2, 0) is 11.3 Å². The first kappa shape index (κ1) is 17.7. The lowest BCUT2D eigenvalue weighted by Crippen LogP contribution is -2.43. The van der Waals surface area contributed by atoms with E-state index in [0.717, 1.165) is 22.7 Å². The first-order valence-corrected chi connectivity index (χ1v) is 9.17. The topological polar surface area (TPSA) is 83.1 Å². The van der Waals surface area contributed by atoms with Gasteiger partial charge >= 0.3 is 6.03 Å². The Labute approximate surface area is 141 Å². The molecule has 1 heterocycles. The fourth-order valence-corrected chi connectivity index (χ4v) is 3.43. The molecule has 23 heavy (non-hydrogen) atoms. The molecule has 0 unspecified atom stereocenters. The summed E-state index contributed by atoms with van der Waals surface area (Å²) in [5, 5.41) is 9.70. The lowest BCUT2D eigenvalue weighted by atomic mass is 9.96. The van der Waals surface area contributed by atoms with Crippen molar-refractivity contribution < 1.29 is 9.59 Å². The summed E-state index contributed by atoms with van der Waals surface area (Å²) < 4.78 is 0. The van der Waals surface area contributed by atoms with E-state index >= 15 is 0 Å². The Hall–Kier alpha value is -1.63. The second-order valence-electron chi connectivity index (χ2n) is 5.96. The molecule has 6 nitrogen and oxygen atoms in total. The second-order valence-corrected chi connectivity index (χ2v) is 7.28. The molecular weight excluding hydrogens is 312 g/mol. The first-order valence-electron chi connectivity index (χ1n) is 8.36. The maximum atomic E-state index is 11.7. The lowest BCUT2D eigenvalue weighted by Gasteiger charge is -2.22. The second kappa shape index (κ2) is 9.50. The number of thiazole rings is 1. The molecule has 1 fully saturated rings. The average molecular weight is 338 g/mol. The minimum atomic E-state index is -0.113. The summed E-state index contributed by atoms with van der Waals surface area (Å²) in [7, 11) is 0. The molecule has 0 spiro atoms. The Morgan fingerprint density at radius 1 is 1.26 bits per heavy atom. The minimum Gasteiger partial charge on any atom is -0.351 e. The van der Waals surface area contributed by atoms with E-state index in [2.05, 4.69) is 20.9 Å². The highest BCUT2D eigenvalue weighted by molar-refractivity contribution is 7.11. The van der Waals surface area contributed by atoms with Gasteiger partial charge in [-0.2, -0.15) is 0 Å². The Morgan fingerprint density at radius 2 is 2.04 bits per heavy atom. The Bertz CT molecular complexity index is 512. The highest BCUT2D eigenvalue weighted by atomic mass is 32.1. The van der Waals surface area contributed by atoms with Gasteiger partial charge in [0.15, 0.2) is 0 Å². The molecule has 1 aliphatic rings. The van der Waals surface area contributed by atoms with Gasteiger partial charge in [-0.25, -0.2) is 9.78 Å². The van der Waals surface area contributed by atoms with Crippen molar-refractivity contribution in [1.29, 1.82) is 0 Å². The van der Waals surface area contributed by atoms with Crippen LogP contribution in [0.25, 0.3) is 0 Å². The molecular formula is C16H26N4O2S. The zero-order valence-electron chi connectivity index (χ0n) is 13.7. The van der Waals surface area contributed by atoms with Crippen LogP contribution in [0.2, 0.25) is 0 Å². The number of urea groups is 1. The van der Waals surface area contributed by atoms with Crippen LogP contribution in [0.15, 0.2) is 6.20 Å². The molecule has 3 N–H and O–H groups in total. The van der Waals surface area contributed by atoms with Crippen LogP contribution >= 0.6 is 11.3 Å². The zero-order chi connectivity index (χ0) is 16.5. The number of hydrogen-bond acceptors (Lipinski definition) is 4. The summed E-state index contributed by atoms with van der Waals surface area (Å²) in [5.74, 6) is 0.00513. The van der Waals surface area contributed by atoms with Crippen LogP contribution in [-0.4, -0.2) is 29.5 Å². The van der Waals surface area contributed by atoms with Crippen molar-refractivity contribution in [2.45, 2.75) is 64.5 Å². The van der Waals surface area contributed by atoms with Gasteiger partial charge in [-0.1, -0.05) is 19.3 Å². The van der Waals surface area contributed by atoms with Crippen LogP contribution in [0.1, 0.15) is 54.8 Å². The number of carbonyl (C=O) groups excluding carboxylic acids is 2. The summed E-state index contributed by atoms with van der Waals surface area (Å²) in [6.45, 7) is 2.99. The third-order valence-corrected chi connectivity index (χ3v) is 4.85. The summed E-state index contributed by atoms with van der Waals surface area (Å²) in [6.07, 6.45) is 8.68. The van der Waals surface area contributed by atoms with Gasteiger partial charge in [0.1, 0.15) is 0 Å². The number of amides is 3. The number of rotatable bonds is 7. The van der Waals surface area contributed by atoms with Gasteiger partial charge in [0.05, 0.1) is 11.6 Å². The maximum Gasteiger partial charge on any atom is 0.315 e. The standard InChI is InChI=1S/C16H26N4O2S/c1-12-18-10-14(23-12)11-19-15(21)8-5-9-17-16(22)20-13-6-3-2-4-7-13/h10,13H,2-9,11H2,1H3,(H,19,21)(H2,17,20,22). The average Bonchev–Trinajstić information content (AvgIpc) is 2.96. The predicted octanol–water partition coefficient (Wildman–Crippen LogP) is 2.48. The van der Waals surface area contributed by atoms with Gasteiger partial charge in [0.25, 0.3) is 0 Å². The molecule has 1 saturated carbocycles. The number of aryl methyl sites for hydroxylation is 1.